The van der Waals surface area contributed by atoms with Gasteiger partial charge in [-0.2, -0.15) is 11.8 Å². The van der Waals surface area contributed by atoms with Gasteiger partial charge in [0, 0.05) is 29.9 Å². The minimum Gasteiger partial charge on any atom is -0.469 e. The number of nitrogens with one attached hydrogen (secondary N) is 1. The molecule has 1 aliphatic rings. The summed E-state index contributed by atoms with van der Waals surface area (Å²) in [5, 5.41) is 3.10. The van der Waals surface area contributed by atoms with Crippen molar-refractivity contribution in [1.29, 1.82) is 0 Å². The van der Waals surface area contributed by atoms with Gasteiger partial charge in [0.2, 0.25) is 0 Å². The van der Waals surface area contributed by atoms with E-state index in [2.05, 4.69) is 10.1 Å². The number of carbonyl (C=O) groups is 3. The third-order valence-corrected chi connectivity index (χ3v) is 5.74. The highest BCUT2D eigenvalue weighted by Gasteiger charge is 2.39. The fourth-order valence-electron chi connectivity index (χ4n) is 2.96. The largest absolute Gasteiger partial charge is 0.469 e. The lowest BCUT2D eigenvalue weighted by Crippen LogP contribution is -2.46. The molecule has 6 nitrogen and oxygen atoms in total. The summed E-state index contributed by atoms with van der Waals surface area (Å²) in [5.74, 6) is -0.0395. The standard InChI is InChI=1S/C19H25NO5S/c1-13(21)25-18-15(20-19(23)14-8-4-3-5-9-14)12-26-16(18)10-6-7-11-17(22)24-2/h3-5,8-9,15-16,18H,6-7,10-12H2,1-2H3,(H,20,23)/t15-,16+,18-/m0/s1. The molecule has 0 aliphatic carbocycles. The van der Waals surface area contributed by atoms with Gasteiger partial charge in [0.25, 0.3) is 5.91 Å². The molecule has 3 atom stereocenters. The van der Waals surface area contributed by atoms with Crippen LogP contribution in [0.3, 0.4) is 0 Å². The Morgan fingerprint density at radius 1 is 1.19 bits per heavy atom. The summed E-state index contributed by atoms with van der Waals surface area (Å²) in [6, 6.07) is 8.76. The zero-order valence-electron chi connectivity index (χ0n) is 15.1. The molecule has 2 rings (SSSR count). The highest BCUT2D eigenvalue weighted by atomic mass is 32.2. The van der Waals surface area contributed by atoms with Gasteiger partial charge < -0.3 is 14.8 Å². The van der Waals surface area contributed by atoms with Crippen LogP contribution in [-0.2, 0) is 19.1 Å². The van der Waals surface area contributed by atoms with Crippen molar-refractivity contribution in [2.24, 2.45) is 0 Å². The molecular formula is C19H25NO5S. The fraction of sp³-hybridized carbons (Fsp3) is 0.526. The van der Waals surface area contributed by atoms with Gasteiger partial charge in [-0.15, -0.1) is 0 Å². The van der Waals surface area contributed by atoms with Crippen molar-refractivity contribution in [3.8, 4) is 0 Å². The lowest BCUT2D eigenvalue weighted by atomic mass is 10.0. The summed E-state index contributed by atoms with van der Waals surface area (Å²) >= 11 is 1.69. The zero-order chi connectivity index (χ0) is 18.9. The van der Waals surface area contributed by atoms with Crippen molar-refractivity contribution in [3.05, 3.63) is 35.9 Å². The fourth-order valence-corrected chi connectivity index (χ4v) is 4.45. The first-order valence-corrected chi connectivity index (χ1v) is 9.77. The minimum absolute atomic E-state index is 0.109. The van der Waals surface area contributed by atoms with Gasteiger partial charge in [-0.3, -0.25) is 14.4 Å². The highest BCUT2D eigenvalue weighted by molar-refractivity contribution is 8.00. The predicted octanol–water partition coefficient (Wildman–Crippen LogP) is 2.57. The molecule has 7 heteroatoms. The third-order valence-electron chi connectivity index (χ3n) is 4.25. The van der Waals surface area contributed by atoms with Gasteiger partial charge in [-0.1, -0.05) is 24.6 Å². The summed E-state index contributed by atoms with van der Waals surface area (Å²) in [6.07, 6.45) is 2.42. The van der Waals surface area contributed by atoms with Gasteiger partial charge in [-0.25, -0.2) is 0 Å². The SMILES string of the molecule is COC(=O)CCCC[C@H]1SC[C@H](NC(=O)c2ccccc2)[C@@H]1OC(C)=O. The molecule has 0 radical (unpaired) electrons. The number of rotatable bonds is 8. The van der Waals surface area contributed by atoms with Crippen LogP contribution in [0, 0.1) is 0 Å². The van der Waals surface area contributed by atoms with E-state index in [4.69, 9.17) is 4.74 Å². The normalized spacial score (nSPS) is 21.8. The van der Waals surface area contributed by atoms with E-state index in [1.807, 2.05) is 18.2 Å². The Morgan fingerprint density at radius 3 is 2.58 bits per heavy atom. The van der Waals surface area contributed by atoms with Crippen LogP contribution in [0.15, 0.2) is 30.3 Å². The Kier molecular flexibility index (Phi) is 7.97. The Bertz CT molecular complexity index is 622. The molecule has 1 aromatic carbocycles. The van der Waals surface area contributed by atoms with Gasteiger partial charge in [0.1, 0.15) is 6.10 Å². The van der Waals surface area contributed by atoms with E-state index < -0.39 is 0 Å². The Balaban J connectivity index is 1.91. The molecule has 142 valence electrons. The molecular weight excluding hydrogens is 354 g/mol. The van der Waals surface area contributed by atoms with Crippen molar-refractivity contribution in [2.75, 3.05) is 12.9 Å². The number of methoxy groups -OCH3 is 1. The maximum absolute atomic E-state index is 12.4. The van der Waals surface area contributed by atoms with Crippen molar-refractivity contribution in [2.45, 2.75) is 50.0 Å². The number of hydrogen-bond acceptors (Lipinski definition) is 6. The number of carbonyl (C=O) groups excluding carboxylic acids is 3. The first-order chi connectivity index (χ1) is 12.5. The number of unbranched alkanes of at least 4 members (excludes halogenated alkanes) is 1. The predicted molar refractivity (Wildman–Crippen MR) is 100.0 cm³/mol. The van der Waals surface area contributed by atoms with Crippen LogP contribution in [0.1, 0.15) is 43.0 Å². The van der Waals surface area contributed by atoms with E-state index in [0.29, 0.717) is 17.7 Å². The summed E-state index contributed by atoms with van der Waals surface area (Å²) < 4.78 is 10.1. The number of esters is 2. The Labute approximate surface area is 158 Å². The average Bonchev–Trinajstić information content (AvgIpc) is 3.00. The maximum atomic E-state index is 12.4. The summed E-state index contributed by atoms with van der Waals surface area (Å²) in [7, 11) is 1.38. The van der Waals surface area contributed by atoms with Crippen LogP contribution in [-0.4, -0.2) is 48.1 Å². The van der Waals surface area contributed by atoms with E-state index in [1.165, 1.54) is 14.0 Å². The maximum Gasteiger partial charge on any atom is 0.305 e. The second-order valence-corrected chi connectivity index (χ2v) is 7.49. The van der Waals surface area contributed by atoms with E-state index in [-0.39, 0.29) is 35.2 Å². The molecule has 0 aromatic heterocycles. The molecule has 1 saturated heterocycles. The van der Waals surface area contributed by atoms with Crippen molar-refractivity contribution < 1.29 is 23.9 Å². The number of hydrogen-bond donors (Lipinski definition) is 1. The smallest absolute Gasteiger partial charge is 0.305 e. The molecule has 0 unspecified atom stereocenters. The molecule has 0 spiro atoms. The van der Waals surface area contributed by atoms with E-state index in [0.717, 1.165) is 19.3 Å². The highest BCUT2D eigenvalue weighted by Crippen LogP contribution is 2.33. The van der Waals surface area contributed by atoms with Gasteiger partial charge in [0.15, 0.2) is 0 Å². The van der Waals surface area contributed by atoms with Gasteiger partial charge >= 0.3 is 11.9 Å². The summed E-state index contributed by atoms with van der Waals surface area (Å²) in [6.45, 7) is 1.38. The monoisotopic (exact) mass is 379 g/mol. The minimum atomic E-state index is -0.358. The molecule has 0 bridgehead atoms. The van der Waals surface area contributed by atoms with Crippen LogP contribution in [0.2, 0.25) is 0 Å². The summed E-state index contributed by atoms with van der Waals surface area (Å²) in [5.41, 5.74) is 0.584. The van der Waals surface area contributed by atoms with Crippen molar-refractivity contribution in [1.82, 2.24) is 5.32 Å². The van der Waals surface area contributed by atoms with Crippen LogP contribution in [0.5, 0.6) is 0 Å². The number of ether oxygens (including phenoxy) is 2. The molecule has 0 saturated carbocycles. The third kappa shape index (κ3) is 6.05. The van der Waals surface area contributed by atoms with Crippen molar-refractivity contribution >= 4 is 29.6 Å². The molecule has 26 heavy (non-hydrogen) atoms. The second kappa shape index (κ2) is 10.2. The molecule has 1 aromatic rings. The zero-order valence-corrected chi connectivity index (χ0v) is 15.9. The summed E-state index contributed by atoms with van der Waals surface area (Å²) in [4.78, 5) is 35.1. The van der Waals surface area contributed by atoms with Crippen LogP contribution >= 0.6 is 11.8 Å². The average molecular weight is 379 g/mol. The quantitative estimate of drug-likeness (QED) is 0.552. The van der Waals surface area contributed by atoms with Gasteiger partial charge in [0.05, 0.1) is 13.2 Å². The number of amides is 1. The van der Waals surface area contributed by atoms with E-state index >= 15 is 0 Å². The van der Waals surface area contributed by atoms with E-state index in [1.54, 1.807) is 23.9 Å². The second-order valence-electron chi connectivity index (χ2n) is 6.21. The number of benzene rings is 1. The van der Waals surface area contributed by atoms with Crippen LogP contribution < -0.4 is 5.32 Å². The molecule has 1 aliphatic heterocycles. The molecule has 1 N–H and O–H groups in total. The van der Waals surface area contributed by atoms with Gasteiger partial charge in [-0.05, 0) is 25.0 Å². The van der Waals surface area contributed by atoms with Crippen molar-refractivity contribution in [3.63, 3.8) is 0 Å². The topological polar surface area (TPSA) is 81.7 Å². The van der Waals surface area contributed by atoms with Crippen LogP contribution in [0.25, 0.3) is 0 Å². The lowest BCUT2D eigenvalue weighted by molar-refractivity contribution is -0.147. The molecule has 1 heterocycles. The first kappa shape index (κ1) is 20.3. The Hall–Kier alpha value is -2.02. The molecule has 1 amide bonds. The Morgan fingerprint density at radius 2 is 1.92 bits per heavy atom. The molecule has 1 fully saturated rings. The number of thioether (sulfide) groups is 1. The van der Waals surface area contributed by atoms with Crippen LogP contribution in [0.4, 0.5) is 0 Å². The lowest BCUT2D eigenvalue weighted by Gasteiger charge is -2.24. The first-order valence-electron chi connectivity index (χ1n) is 8.73. The van der Waals surface area contributed by atoms with E-state index in [9.17, 15) is 14.4 Å².